The normalized spacial score (nSPS) is 20.3. The summed E-state index contributed by atoms with van der Waals surface area (Å²) in [5.74, 6) is 0.449. The molecule has 5 heteroatoms. The lowest BCUT2D eigenvalue weighted by molar-refractivity contribution is -0.137. The molecule has 2 aliphatic rings. The van der Waals surface area contributed by atoms with Gasteiger partial charge in [-0.15, -0.1) is 0 Å². The minimum Gasteiger partial charge on any atom is -0.348 e. The van der Waals surface area contributed by atoms with E-state index in [0.717, 1.165) is 38.8 Å². The van der Waals surface area contributed by atoms with E-state index in [1.165, 1.54) is 19.3 Å². The summed E-state index contributed by atoms with van der Waals surface area (Å²) in [7, 11) is 0. The Kier molecular flexibility index (Phi) is 5.26. The van der Waals surface area contributed by atoms with Gasteiger partial charge in [-0.3, -0.25) is 14.6 Å². The van der Waals surface area contributed by atoms with Gasteiger partial charge in [0.1, 0.15) is 5.69 Å². The zero-order valence-electron chi connectivity index (χ0n) is 13.5. The minimum atomic E-state index is -0.123. The van der Waals surface area contributed by atoms with E-state index in [4.69, 9.17) is 0 Å². The molecule has 23 heavy (non-hydrogen) atoms. The third kappa shape index (κ3) is 4.09. The molecule has 2 heterocycles. The van der Waals surface area contributed by atoms with Crippen LogP contribution in [0.2, 0.25) is 0 Å². The first kappa shape index (κ1) is 16.0. The maximum Gasteiger partial charge on any atom is 0.270 e. The average molecular weight is 315 g/mol. The Morgan fingerprint density at radius 1 is 1.04 bits per heavy atom. The second-order valence-electron chi connectivity index (χ2n) is 6.62. The molecule has 1 N–H and O–H groups in total. The molecule has 0 atom stereocenters. The molecule has 1 saturated carbocycles. The lowest BCUT2D eigenvalue weighted by atomic mass is 9.87. The number of aromatic nitrogens is 1. The summed E-state index contributed by atoms with van der Waals surface area (Å²) in [5.41, 5.74) is 0.452. The summed E-state index contributed by atoms with van der Waals surface area (Å²) in [6.45, 7) is 1.50. The first-order valence-corrected chi connectivity index (χ1v) is 8.75. The number of amides is 2. The maximum absolute atomic E-state index is 12.5. The van der Waals surface area contributed by atoms with E-state index in [1.54, 1.807) is 18.3 Å². The first-order chi connectivity index (χ1) is 11.2. The molecule has 2 amide bonds. The van der Waals surface area contributed by atoms with Crippen molar-refractivity contribution in [3.63, 3.8) is 0 Å². The number of rotatable bonds is 3. The van der Waals surface area contributed by atoms with Gasteiger partial charge in [0.25, 0.3) is 5.91 Å². The molecule has 2 fully saturated rings. The summed E-state index contributed by atoms with van der Waals surface area (Å²) in [5, 5.41) is 3.03. The topological polar surface area (TPSA) is 62.3 Å². The zero-order valence-corrected chi connectivity index (χ0v) is 13.5. The fourth-order valence-corrected chi connectivity index (χ4v) is 3.61. The van der Waals surface area contributed by atoms with Crippen LogP contribution < -0.4 is 5.32 Å². The van der Waals surface area contributed by atoms with Crippen molar-refractivity contribution in [2.24, 2.45) is 5.92 Å². The molecule has 0 spiro atoms. The van der Waals surface area contributed by atoms with E-state index in [1.807, 2.05) is 11.0 Å². The van der Waals surface area contributed by atoms with Crippen LogP contribution in [0.25, 0.3) is 0 Å². The summed E-state index contributed by atoms with van der Waals surface area (Å²) in [4.78, 5) is 30.7. The van der Waals surface area contributed by atoms with E-state index in [0.29, 0.717) is 11.6 Å². The molecule has 124 valence electrons. The molecular formula is C18H25N3O2. The lowest BCUT2D eigenvalue weighted by Crippen LogP contribution is -2.48. The number of carbonyl (C=O) groups is 2. The molecular weight excluding hydrogens is 290 g/mol. The predicted molar refractivity (Wildman–Crippen MR) is 87.9 cm³/mol. The Morgan fingerprint density at radius 3 is 2.43 bits per heavy atom. The second-order valence-corrected chi connectivity index (χ2v) is 6.62. The number of hydrogen-bond donors (Lipinski definition) is 1. The average Bonchev–Trinajstić information content (AvgIpc) is 2.63. The van der Waals surface area contributed by atoms with Gasteiger partial charge in [0.05, 0.1) is 0 Å². The summed E-state index contributed by atoms with van der Waals surface area (Å²) in [6, 6.07) is 5.47. The van der Waals surface area contributed by atoms with Crippen LogP contribution in [0.15, 0.2) is 24.4 Å². The van der Waals surface area contributed by atoms with Gasteiger partial charge in [-0.25, -0.2) is 0 Å². The van der Waals surface area contributed by atoms with Gasteiger partial charge < -0.3 is 10.2 Å². The third-order valence-electron chi connectivity index (χ3n) is 4.99. The van der Waals surface area contributed by atoms with Gasteiger partial charge in [-0.2, -0.15) is 0 Å². The Balaban J connectivity index is 1.46. The van der Waals surface area contributed by atoms with Gasteiger partial charge in [0, 0.05) is 31.2 Å². The standard InChI is InChI=1S/C18H25N3O2/c22-17(16-8-4-5-11-19-16)20-15-9-12-21(13-10-15)18(23)14-6-2-1-3-7-14/h4-5,8,11,14-15H,1-3,6-7,9-10,12-13H2,(H,20,22). The van der Waals surface area contributed by atoms with Crippen molar-refractivity contribution in [3.8, 4) is 0 Å². The molecule has 0 radical (unpaired) electrons. The van der Waals surface area contributed by atoms with Gasteiger partial charge >= 0.3 is 0 Å². The molecule has 0 bridgehead atoms. The second kappa shape index (κ2) is 7.57. The lowest BCUT2D eigenvalue weighted by Gasteiger charge is -2.35. The number of piperidine rings is 1. The molecule has 1 aromatic rings. The Hall–Kier alpha value is -1.91. The quantitative estimate of drug-likeness (QED) is 0.931. The molecule has 0 aromatic carbocycles. The smallest absolute Gasteiger partial charge is 0.270 e. The molecule has 1 aliphatic carbocycles. The van der Waals surface area contributed by atoms with Crippen LogP contribution >= 0.6 is 0 Å². The van der Waals surface area contributed by atoms with Crippen molar-refractivity contribution in [2.45, 2.75) is 51.0 Å². The Morgan fingerprint density at radius 2 is 1.78 bits per heavy atom. The highest BCUT2D eigenvalue weighted by atomic mass is 16.2. The van der Waals surface area contributed by atoms with Crippen molar-refractivity contribution in [1.29, 1.82) is 0 Å². The number of pyridine rings is 1. The van der Waals surface area contributed by atoms with Crippen LogP contribution in [-0.2, 0) is 4.79 Å². The monoisotopic (exact) mass is 315 g/mol. The van der Waals surface area contributed by atoms with Crippen molar-refractivity contribution >= 4 is 11.8 Å². The summed E-state index contributed by atoms with van der Waals surface area (Å²) < 4.78 is 0. The van der Waals surface area contributed by atoms with Crippen molar-refractivity contribution in [1.82, 2.24) is 15.2 Å². The molecule has 1 aliphatic heterocycles. The highest BCUT2D eigenvalue weighted by Crippen LogP contribution is 2.26. The highest BCUT2D eigenvalue weighted by Gasteiger charge is 2.29. The largest absolute Gasteiger partial charge is 0.348 e. The van der Waals surface area contributed by atoms with Crippen LogP contribution in [0.5, 0.6) is 0 Å². The fraction of sp³-hybridized carbons (Fsp3) is 0.611. The molecule has 0 unspecified atom stereocenters. The van der Waals surface area contributed by atoms with Crippen LogP contribution in [-0.4, -0.2) is 40.8 Å². The molecule has 1 saturated heterocycles. The maximum atomic E-state index is 12.5. The number of carbonyl (C=O) groups excluding carboxylic acids is 2. The summed E-state index contributed by atoms with van der Waals surface area (Å²) in [6.07, 6.45) is 9.03. The van der Waals surface area contributed by atoms with Crippen LogP contribution in [0, 0.1) is 5.92 Å². The fourth-order valence-electron chi connectivity index (χ4n) is 3.61. The van der Waals surface area contributed by atoms with E-state index in [9.17, 15) is 9.59 Å². The SMILES string of the molecule is O=C(NC1CCN(C(=O)C2CCCCC2)CC1)c1ccccn1. The molecule has 3 rings (SSSR count). The summed E-state index contributed by atoms with van der Waals surface area (Å²) >= 11 is 0. The predicted octanol–water partition coefficient (Wildman–Crippen LogP) is 2.38. The minimum absolute atomic E-state index is 0.123. The number of likely N-dealkylation sites (tertiary alicyclic amines) is 1. The Bertz CT molecular complexity index is 532. The first-order valence-electron chi connectivity index (χ1n) is 8.75. The van der Waals surface area contributed by atoms with Crippen molar-refractivity contribution in [3.05, 3.63) is 30.1 Å². The molecule has 1 aromatic heterocycles. The van der Waals surface area contributed by atoms with Crippen LogP contribution in [0.4, 0.5) is 0 Å². The van der Waals surface area contributed by atoms with Gasteiger partial charge in [0.2, 0.25) is 5.91 Å². The molecule has 5 nitrogen and oxygen atoms in total. The van der Waals surface area contributed by atoms with E-state index in [-0.39, 0.29) is 17.9 Å². The van der Waals surface area contributed by atoms with Crippen molar-refractivity contribution in [2.75, 3.05) is 13.1 Å². The van der Waals surface area contributed by atoms with E-state index in [2.05, 4.69) is 10.3 Å². The van der Waals surface area contributed by atoms with Crippen LogP contribution in [0.3, 0.4) is 0 Å². The highest BCUT2D eigenvalue weighted by molar-refractivity contribution is 5.92. The van der Waals surface area contributed by atoms with Gasteiger partial charge in [-0.1, -0.05) is 25.3 Å². The van der Waals surface area contributed by atoms with Crippen molar-refractivity contribution < 1.29 is 9.59 Å². The Labute approximate surface area is 137 Å². The number of nitrogens with one attached hydrogen (secondary N) is 1. The third-order valence-corrected chi connectivity index (χ3v) is 4.99. The number of hydrogen-bond acceptors (Lipinski definition) is 3. The van der Waals surface area contributed by atoms with E-state index < -0.39 is 0 Å². The van der Waals surface area contributed by atoms with Crippen LogP contribution in [0.1, 0.15) is 55.4 Å². The van der Waals surface area contributed by atoms with Gasteiger partial charge in [-0.05, 0) is 37.8 Å². The van der Waals surface area contributed by atoms with E-state index >= 15 is 0 Å². The number of nitrogens with zero attached hydrogens (tertiary/aromatic N) is 2. The zero-order chi connectivity index (χ0) is 16.1. The van der Waals surface area contributed by atoms with Gasteiger partial charge in [0.15, 0.2) is 0 Å².